The number of methoxy groups -OCH3 is 2. The summed E-state index contributed by atoms with van der Waals surface area (Å²) in [6.45, 7) is 2.22. The molecule has 1 unspecified atom stereocenters. The lowest BCUT2D eigenvalue weighted by Gasteiger charge is -2.24. The molecule has 1 fully saturated rings. The van der Waals surface area contributed by atoms with Crippen molar-refractivity contribution in [2.24, 2.45) is 0 Å². The molecule has 3 heteroatoms. The van der Waals surface area contributed by atoms with Crippen LogP contribution < -0.4 is 14.8 Å². The highest BCUT2D eigenvalue weighted by Crippen LogP contribution is 2.30. The van der Waals surface area contributed by atoms with E-state index in [-0.39, 0.29) is 0 Å². The summed E-state index contributed by atoms with van der Waals surface area (Å²) in [7, 11) is 3.40. The SMILES string of the molecule is COc1ccc(C(C)NC2CCCCCC2)c(OC)c1. The summed E-state index contributed by atoms with van der Waals surface area (Å²) in [4.78, 5) is 0. The number of ether oxygens (including phenoxy) is 2. The van der Waals surface area contributed by atoms with Crippen LogP contribution in [0.4, 0.5) is 0 Å². The summed E-state index contributed by atoms with van der Waals surface area (Å²) < 4.78 is 10.8. The van der Waals surface area contributed by atoms with Crippen molar-refractivity contribution in [3.8, 4) is 11.5 Å². The Balaban J connectivity index is 2.05. The van der Waals surface area contributed by atoms with E-state index < -0.39 is 0 Å². The van der Waals surface area contributed by atoms with Gasteiger partial charge in [-0.25, -0.2) is 0 Å². The largest absolute Gasteiger partial charge is 0.497 e. The Hall–Kier alpha value is -1.22. The van der Waals surface area contributed by atoms with Gasteiger partial charge in [-0.2, -0.15) is 0 Å². The van der Waals surface area contributed by atoms with E-state index in [4.69, 9.17) is 9.47 Å². The highest BCUT2D eigenvalue weighted by molar-refractivity contribution is 5.42. The molecule has 1 atom stereocenters. The molecule has 0 aromatic heterocycles. The first-order valence-corrected chi connectivity index (χ1v) is 7.72. The topological polar surface area (TPSA) is 30.5 Å². The zero-order valence-corrected chi connectivity index (χ0v) is 12.9. The Labute approximate surface area is 122 Å². The monoisotopic (exact) mass is 277 g/mol. The molecule has 1 aromatic rings. The number of hydrogen-bond acceptors (Lipinski definition) is 3. The van der Waals surface area contributed by atoms with Gasteiger partial charge in [-0.15, -0.1) is 0 Å². The quantitative estimate of drug-likeness (QED) is 0.823. The summed E-state index contributed by atoms with van der Waals surface area (Å²) in [5.41, 5.74) is 1.21. The van der Waals surface area contributed by atoms with Crippen LogP contribution in [0, 0.1) is 0 Å². The Bertz CT molecular complexity index is 411. The summed E-state index contributed by atoms with van der Waals surface area (Å²) in [5, 5.41) is 3.77. The van der Waals surface area contributed by atoms with Crippen LogP contribution in [0.25, 0.3) is 0 Å². The van der Waals surface area contributed by atoms with Crippen LogP contribution in [-0.4, -0.2) is 20.3 Å². The third-order valence-electron chi connectivity index (χ3n) is 4.25. The van der Waals surface area contributed by atoms with Gasteiger partial charge in [0.2, 0.25) is 0 Å². The van der Waals surface area contributed by atoms with Gasteiger partial charge in [-0.1, -0.05) is 31.7 Å². The molecule has 0 saturated heterocycles. The maximum Gasteiger partial charge on any atom is 0.127 e. The van der Waals surface area contributed by atoms with E-state index in [0.29, 0.717) is 12.1 Å². The first-order valence-electron chi connectivity index (χ1n) is 7.72. The maximum atomic E-state index is 5.50. The molecule has 112 valence electrons. The molecule has 1 aromatic carbocycles. The number of nitrogens with one attached hydrogen (secondary N) is 1. The first kappa shape index (κ1) is 15.2. The second kappa shape index (κ2) is 7.53. The van der Waals surface area contributed by atoms with Crippen molar-refractivity contribution < 1.29 is 9.47 Å². The third kappa shape index (κ3) is 3.89. The molecule has 1 N–H and O–H groups in total. The molecule has 1 saturated carbocycles. The van der Waals surface area contributed by atoms with Crippen LogP contribution in [-0.2, 0) is 0 Å². The van der Waals surface area contributed by atoms with Crippen molar-refractivity contribution in [3.63, 3.8) is 0 Å². The molecule has 1 aliphatic carbocycles. The number of rotatable bonds is 5. The molecule has 2 rings (SSSR count). The molecule has 0 heterocycles. The highest BCUT2D eigenvalue weighted by Gasteiger charge is 2.18. The molecule has 0 radical (unpaired) electrons. The van der Waals surface area contributed by atoms with E-state index in [1.54, 1.807) is 14.2 Å². The normalized spacial score (nSPS) is 18.4. The molecule has 0 bridgehead atoms. The van der Waals surface area contributed by atoms with Gasteiger partial charge in [-0.05, 0) is 25.8 Å². The fraction of sp³-hybridized carbons (Fsp3) is 0.647. The fourth-order valence-electron chi connectivity index (χ4n) is 3.07. The van der Waals surface area contributed by atoms with Crippen LogP contribution in [0.1, 0.15) is 57.1 Å². The van der Waals surface area contributed by atoms with Gasteiger partial charge >= 0.3 is 0 Å². The number of benzene rings is 1. The standard InChI is InChI=1S/C17H27NO2/c1-13(18-14-8-6-4-5-7-9-14)16-11-10-15(19-2)12-17(16)20-3/h10-14,18H,4-9H2,1-3H3. The summed E-state index contributed by atoms with van der Waals surface area (Å²) in [6.07, 6.45) is 8.07. The molecular formula is C17H27NO2. The first-order chi connectivity index (χ1) is 9.74. The van der Waals surface area contributed by atoms with Crippen LogP contribution in [0.3, 0.4) is 0 Å². The number of hydrogen-bond donors (Lipinski definition) is 1. The van der Waals surface area contributed by atoms with Gasteiger partial charge in [-0.3, -0.25) is 0 Å². The zero-order valence-electron chi connectivity index (χ0n) is 12.9. The van der Waals surface area contributed by atoms with Gasteiger partial charge in [0.15, 0.2) is 0 Å². The minimum Gasteiger partial charge on any atom is -0.497 e. The molecule has 0 spiro atoms. The van der Waals surface area contributed by atoms with Crippen molar-refractivity contribution >= 4 is 0 Å². The lowest BCUT2D eigenvalue weighted by Crippen LogP contribution is -2.31. The zero-order chi connectivity index (χ0) is 14.4. The van der Waals surface area contributed by atoms with Gasteiger partial charge < -0.3 is 14.8 Å². The second-order valence-electron chi connectivity index (χ2n) is 5.68. The predicted molar refractivity (Wildman–Crippen MR) is 82.6 cm³/mol. The third-order valence-corrected chi connectivity index (χ3v) is 4.25. The summed E-state index contributed by atoms with van der Waals surface area (Å²) in [5.74, 6) is 1.74. The van der Waals surface area contributed by atoms with Gasteiger partial charge in [0.25, 0.3) is 0 Å². The van der Waals surface area contributed by atoms with Crippen molar-refractivity contribution in [1.82, 2.24) is 5.32 Å². The predicted octanol–water partition coefficient (Wildman–Crippen LogP) is 4.08. The molecule has 0 aliphatic heterocycles. The van der Waals surface area contributed by atoms with E-state index in [9.17, 15) is 0 Å². The average Bonchev–Trinajstić information content (AvgIpc) is 2.75. The van der Waals surface area contributed by atoms with Crippen LogP contribution in [0.15, 0.2) is 18.2 Å². The molecule has 1 aliphatic rings. The van der Waals surface area contributed by atoms with E-state index >= 15 is 0 Å². The van der Waals surface area contributed by atoms with Crippen molar-refractivity contribution in [3.05, 3.63) is 23.8 Å². The Morgan fingerprint density at radius 1 is 1.05 bits per heavy atom. The minimum absolute atomic E-state index is 0.305. The van der Waals surface area contributed by atoms with Crippen molar-refractivity contribution in [2.45, 2.75) is 57.5 Å². The lowest BCUT2D eigenvalue weighted by atomic mass is 10.0. The Morgan fingerprint density at radius 2 is 1.75 bits per heavy atom. The van der Waals surface area contributed by atoms with Crippen LogP contribution in [0.2, 0.25) is 0 Å². The Kier molecular flexibility index (Phi) is 5.72. The molecular weight excluding hydrogens is 250 g/mol. The molecule has 20 heavy (non-hydrogen) atoms. The fourth-order valence-corrected chi connectivity index (χ4v) is 3.07. The summed E-state index contributed by atoms with van der Waals surface area (Å²) >= 11 is 0. The Morgan fingerprint density at radius 3 is 2.35 bits per heavy atom. The van der Waals surface area contributed by atoms with E-state index in [1.165, 1.54) is 44.1 Å². The van der Waals surface area contributed by atoms with Crippen LogP contribution >= 0.6 is 0 Å². The molecule has 0 amide bonds. The van der Waals surface area contributed by atoms with Crippen LogP contribution in [0.5, 0.6) is 11.5 Å². The molecule has 3 nitrogen and oxygen atoms in total. The average molecular weight is 277 g/mol. The van der Waals surface area contributed by atoms with Gasteiger partial charge in [0.05, 0.1) is 14.2 Å². The van der Waals surface area contributed by atoms with E-state index in [2.05, 4.69) is 18.3 Å². The summed E-state index contributed by atoms with van der Waals surface area (Å²) in [6, 6.07) is 7.01. The van der Waals surface area contributed by atoms with Crippen molar-refractivity contribution in [1.29, 1.82) is 0 Å². The second-order valence-corrected chi connectivity index (χ2v) is 5.68. The minimum atomic E-state index is 0.305. The van der Waals surface area contributed by atoms with Crippen molar-refractivity contribution in [2.75, 3.05) is 14.2 Å². The van der Waals surface area contributed by atoms with E-state index in [0.717, 1.165) is 11.5 Å². The van der Waals surface area contributed by atoms with Gasteiger partial charge in [0, 0.05) is 23.7 Å². The lowest BCUT2D eigenvalue weighted by molar-refractivity contribution is 0.373. The highest BCUT2D eigenvalue weighted by atomic mass is 16.5. The smallest absolute Gasteiger partial charge is 0.127 e. The maximum absolute atomic E-state index is 5.50. The van der Waals surface area contributed by atoms with Gasteiger partial charge in [0.1, 0.15) is 11.5 Å². The van der Waals surface area contributed by atoms with E-state index in [1.807, 2.05) is 12.1 Å².